The molecule has 0 aliphatic rings. The number of aromatic nitrogens is 1. The molecule has 0 bridgehead atoms. The molecule has 5 nitrogen and oxygen atoms in total. The van der Waals surface area contributed by atoms with E-state index >= 15 is 0 Å². The van der Waals surface area contributed by atoms with Crippen LogP contribution < -0.4 is 9.47 Å². The highest BCUT2D eigenvalue weighted by Gasteiger charge is 2.16. The molecule has 0 amide bonds. The lowest BCUT2D eigenvalue weighted by atomic mass is 10.1. The predicted molar refractivity (Wildman–Crippen MR) is 122 cm³/mol. The van der Waals surface area contributed by atoms with E-state index in [2.05, 4.69) is 6.92 Å². The van der Waals surface area contributed by atoms with E-state index < -0.39 is 5.97 Å². The van der Waals surface area contributed by atoms with Gasteiger partial charge in [-0.05, 0) is 67.8 Å². The number of halogens is 1. The van der Waals surface area contributed by atoms with Gasteiger partial charge in [0.25, 0.3) is 0 Å². The van der Waals surface area contributed by atoms with Crippen LogP contribution in [0.25, 0.3) is 11.3 Å². The van der Waals surface area contributed by atoms with E-state index in [0.717, 1.165) is 41.8 Å². The lowest BCUT2D eigenvalue weighted by molar-refractivity contribution is -0.139. The van der Waals surface area contributed by atoms with Crippen molar-refractivity contribution in [3.05, 3.63) is 76.9 Å². The van der Waals surface area contributed by atoms with Gasteiger partial charge in [0.05, 0.1) is 11.4 Å². The third-order valence-electron chi connectivity index (χ3n) is 4.84. The van der Waals surface area contributed by atoms with Crippen LogP contribution in [0.4, 0.5) is 0 Å². The Kier molecular flexibility index (Phi) is 7.90. The number of carboxylic acid groups (broad SMARTS) is 1. The Labute approximate surface area is 187 Å². The third kappa shape index (κ3) is 6.46. The fourth-order valence-corrected chi connectivity index (χ4v) is 3.36. The summed E-state index contributed by atoms with van der Waals surface area (Å²) in [7, 11) is 0. The van der Waals surface area contributed by atoms with E-state index in [4.69, 9.17) is 31.2 Å². The van der Waals surface area contributed by atoms with Crippen molar-refractivity contribution in [1.29, 1.82) is 0 Å². The second-order valence-electron chi connectivity index (χ2n) is 7.31. The van der Waals surface area contributed by atoms with Crippen LogP contribution in [0.15, 0.2) is 60.7 Å². The quantitative estimate of drug-likeness (QED) is 0.391. The van der Waals surface area contributed by atoms with Gasteiger partial charge in [0.15, 0.2) is 6.61 Å². The second kappa shape index (κ2) is 10.8. The van der Waals surface area contributed by atoms with Gasteiger partial charge in [-0.2, -0.15) is 0 Å². The molecule has 3 rings (SSSR count). The minimum Gasteiger partial charge on any atom is -0.484 e. The van der Waals surface area contributed by atoms with Crippen LogP contribution in [0.1, 0.15) is 43.5 Å². The Morgan fingerprint density at radius 2 is 1.90 bits per heavy atom. The summed E-state index contributed by atoms with van der Waals surface area (Å²) in [5.74, 6) is 0.216. The largest absolute Gasteiger partial charge is 0.484 e. The van der Waals surface area contributed by atoms with Crippen molar-refractivity contribution in [3.63, 3.8) is 0 Å². The highest BCUT2D eigenvalue weighted by Crippen LogP contribution is 2.30. The molecule has 0 fully saturated rings. The molecule has 3 aromatic rings. The summed E-state index contributed by atoms with van der Waals surface area (Å²) in [6, 6.07) is 19.0. The molecule has 0 spiro atoms. The monoisotopic (exact) mass is 439 g/mol. The summed E-state index contributed by atoms with van der Waals surface area (Å²) < 4.78 is 11.6. The average Bonchev–Trinajstić information content (AvgIpc) is 2.76. The Morgan fingerprint density at radius 3 is 2.58 bits per heavy atom. The highest BCUT2D eigenvalue weighted by atomic mass is 35.5. The van der Waals surface area contributed by atoms with Crippen LogP contribution in [0, 0.1) is 6.92 Å². The van der Waals surface area contributed by atoms with Crippen LogP contribution in [-0.4, -0.2) is 22.7 Å². The number of carbonyl (C=O) groups is 1. The van der Waals surface area contributed by atoms with Crippen LogP contribution in [0.3, 0.4) is 0 Å². The number of unbranched alkanes of at least 4 members (excludes halogenated alkanes) is 1. The average molecular weight is 440 g/mol. The molecule has 0 aliphatic heterocycles. The van der Waals surface area contributed by atoms with Crippen LogP contribution >= 0.6 is 11.6 Å². The van der Waals surface area contributed by atoms with Crippen LogP contribution in [0.2, 0.25) is 5.02 Å². The molecule has 0 aliphatic carbocycles. The van der Waals surface area contributed by atoms with Crippen molar-refractivity contribution in [2.24, 2.45) is 0 Å². The molecule has 0 saturated heterocycles. The Morgan fingerprint density at radius 1 is 1.13 bits per heavy atom. The summed E-state index contributed by atoms with van der Waals surface area (Å²) in [6.07, 6.45) is 2.70. The van der Waals surface area contributed by atoms with E-state index in [9.17, 15) is 4.79 Å². The second-order valence-corrected chi connectivity index (χ2v) is 7.75. The molecule has 162 valence electrons. The molecule has 1 unspecified atom stereocenters. The smallest absolute Gasteiger partial charge is 0.341 e. The van der Waals surface area contributed by atoms with Crippen molar-refractivity contribution >= 4 is 17.6 Å². The zero-order valence-electron chi connectivity index (χ0n) is 17.7. The van der Waals surface area contributed by atoms with E-state index in [1.807, 2.05) is 55.5 Å². The summed E-state index contributed by atoms with van der Waals surface area (Å²) in [6.45, 7) is 3.64. The molecule has 31 heavy (non-hydrogen) atoms. The number of hydrogen-bond acceptors (Lipinski definition) is 4. The first kappa shape index (κ1) is 22.6. The number of rotatable bonds is 10. The fourth-order valence-electron chi connectivity index (χ4n) is 3.23. The van der Waals surface area contributed by atoms with Gasteiger partial charge in [0, 0.05) is 10.6 Å². The number of aryl methyl sites for hydroxylation is 1. The van der Waals surface area contributed by atoms with E-state index in [0.29, 0.717) is 16.5 Å². The number of ether oxygens (including phenoxy) is 2. The van der Waals surface area contributed by atoms with Crippen molar-refractivity contribution in [2.75, 3.05) is 6.61 Å². The number of carboxylic acids is 1. The first-order valence-corrected chi connectivity index (χ1v) is 10.7. The summed E-state index contributed by atoms with van der Waals surface area (Å²) in [5.41, 5.74) is 3.55. The van der Waals surface area contributed by atoms with Crippen LogP contribution in [0.5, 0.6) is 11.5 Å². The maximum Gasteiger partial charge on any atom is 0.341 e. The Hall–Kier alpha value is -3.05. The predicted octanol–water partition coefficient (Wildman–Crippen LogP) is 6.48. The first-order chi connectivity index (χ1) is 15.0. The molecule has 0 radical (unpaired) electrons. The maximum absolute atomic E-state index is 10.7. The van der Waals surface area contributed by atoms with Crippen LogP contribution in [-0.2, 0) is 4.79 Å². The van der Waals surface area contributed by atoms with Gasteiger partial charge in [0.2, 0.25) is 0 Å². The van der Waals surface area contributed by atoms with Gasteiger partial charge in [-0.1, -0.05) is 43.1 Å². The van der Waals surface area contributed by atoms with Gasteiger partial charge >= 0.3 is 5.97 Å². The summed E-state index contributed by atoms with van der Waals surface area (Å²) in [5, 5.41) is 9.49. The van der Waals surface area contributed by atoms with Gasteiger partial charge in [0.1, 0.15) is 17.6 Å². The van der Waals surface area contributed by atoms with Crippen molar-refractivity contribution < 1.29 is 19.4 Å². The number of benzene rings is 2. The van der Waals surface area contributed by atoms with Crippen molar-refractivity contribution in [3.8, 4) is 22.8 Å². The Bertz CT molecular complexity index is 1020. The SMILES string of the molecule is CCCCC(Oc1ccc(OCC(=O)O)c(C)c1)c1cccc(-c2ccc(Cl)cc2)n1. The minimum absolute atomic E-state index is 0.197. The van der Waals surface area contributed by atoms with E-state index in [1.165, 1.54) is 0 Å². The molecule has 1 aromatic heterocycles. The van der Waals surface area contributed by atoms with Crippen molar-refractivity contribution in [2.45, 2.75) is 39.2 Å². The summed E-state index contributed by atoms with van der Waals surface area (Å²) in [4.78, 5) is 15.6. The zero-order valence-corrected chi connectivity index (χ0v) is 18.4. The van der Waals surface area contributed by atoms with Gasteiger partial charge < -0.3 is 14.6 Å². The van der Waals surface area contributed by atoms with Gasteiger partial charge in [-0.25, -0.2) is 9.78 Å². The molecule has 1 atom stereocenters. The Balaban J connectivity index is 1.82. The maximum atomic E-state index is 10.7. The number of hydrogen-bond donors (Lipinski definition) is 1. The molecule has 6 heteroatoms. The molecule has 1 heterocycles. The molecule has 0 saturated carbocycles. The first-order valence-electron chi connectivity index (χ1n) is 10.3. The lowest BCUT2D eigenvalue weighted by Gasteiger charge is -2.20. The number of nitrogens with zero attached hydrogens (tertiary/aromatic N) is 1. The standard InChI is InChI=1S/C25H26ClNO4/c1-3-4-8-24(31-20-13-14-23(17(2)15-20)30-16-25(28)29)22-7-5-6-21(27-22)18-9-11-19(26)12-10-18/h5-7,9-15,24H,3-4,8,16H2,1-2H3,(H,28,29). The zero-order chi connectivity index (χ0) is 22.2. The molecular weight excluding hydrogens is 414 g/mol. The minimum atomic E-state index is -1.01. The fraction of sp³-hybridized carbons (Fsp3) is 0.280. The normalized spacial score (nSPS) is 11.7. The van der Waals surface area contributed by atoms with Gasteiger partial charge in [-0.15, -0.1) is 0 Å². The van der Waals surface area contributed by atoms with E-state index in [-0.39, 0.29) is 12.7 Å². The van der Waals surface area contributed by atoms with Crippen molar-refractivity contribution in [1.82, 2.24) is 4.98 Å². The van der Waals surface area contributed by atoms with E-state index in [1.54, 1.807) is 12.1 Å². The molecule has 1 N–H and O–H groups in total. The highest BCUT2D eigenvalue weighted by molar-refractivity contribution is 6.30. The number of aliphatic carboxylic acids is 1. The summed E-state index contributed by atoms with van der Waals surface area (Å²) >= 11 is 6.01. The molecular formula is C25H26ClNO4. The van der Waals surface area contributed by atoms with Gasteiger partial charge in [-0.3, -0.25) is 0 Å². The lowest BCUT2D eigenvalue weighted by Crippen LogP contribution is -2.11. The topological polar surface area (TPSA) is 68.7 Å². The molecule has 2 aromatic carbocycles. The number of pyridine rings is 1. The third-order valence-corrected chi connectivity index (χ3v) is 5.09.